The average molecular weight is 344 g/mol. The van der Waals surface area contributed by atoms with E-state index < -0.39 is 0 Å². The van der Waals surface area contributed by atoms with Crippen LogP contribution in [-0.2, 0) is 4.79 Å². The highest BCUT2D eigenvalue weighted by molar-refractivity contribution is 6.02. The van der Waals surface area contributed by atoms with Gasteiger partial charge in [0, 0.05) is 17.3 Å². The Morgan fingerprint density at radius 1 is 1.12 bits per heavy atom. The second-order valence-electron chi connectivity index (χ2n) is 5.85. The van der Waals surface area contributed by atoms with E-state index >= 15 is 0 Å². The van der Waals surface area contributed by atoms with Crippen molar-refractivity contribution in [2.24, 2.45) is 0 Å². The molecule has 2 aromatic heterocycles. The molecule has 2 heterocycles. The van der Waals surface area contributed by atoms with Crippen molar-refractivity contribution in [3.63, 3.8) is 0 Å². The second-order valence-corrected chi connectivity index (χ2v) is 5.85. The molecule has 0 saturated carbocycles. The number of furan rings is 1. The van der Waals surface area contributed by atoms with Crippen LogP contribution in [0.5, 0.6) is 0 Å². The van der Waals surface area contributed by atoms with Crippen molar-refractivity contribution in [3.8, 4) is 11.5 Å². The number of nitrogens with one attached hydrogen (secondary N) is 1. The minimum Gasteiger partial charge on any atom is -0.465 e. The minimum atomic E-state index is -0.237. The zero-order chi connectivity index (χ0) is 17.9. The number of hydrogen-bond donors (Lipinski definition) is 1. The van der Waals surface area contributed by atoms with E-state index in [2.05, 4.69) is 10.3 Å². The number of carbonyl (C=O) groups excluding carboxylic acids is 1. The maximum atomic E-state index is 12.2. The monoisotopic (exact) mass is 344 g/mol. The maximum absolute atomic E-state index is 12.2. The Morgan fingerprint density at radius 2 is 2.00 bits per heavy atom. The number of aryl methyl sites for hydroxylation is 1. The lowest BCUT2D eigenvalue weighted by atomic mass is 10.1. The van der Waals surface area contributed by atoms with Crippen molar-refractivity contribution in [2.45, 2.75) is 6.92 Å². The van der Waals surface area contributed by atoms with Crippen LogP contribution in [0.25, 0.3) is 28.6 Å². The van der Waals surface area contributed by atoms with Gasteiger partial charge in [-0.3, -0.25) is 4.79 Å². The first-order valence-corrected chi connectivity index (χ1v) is 8.18. The molecule has 2 aromatic carbocycles. The summed E-state index contributed by atoms with van der Waals surface area (Å²) in [7, 11) is 0. The van der Waals surface area contributed by atoms with E-state index in [0.717, 1.165) is 22.2 Å². The lowest BCUT2D eigenvalue weighted by Gasteiger charge is -2.07. The molecule has 0 fully saturated rings. The third-order valence-electron chi connectivity index (χ3n) is 3.98. The molecule has 1 N–H and O–H groups in total. The van der Waals surface area contributed by atoms with Gasteiger partial charge in [-0.1, -0.05) is 18.2 Å². The Kier molecular flexibility index (Phi) is 4.11. The lowest BCUT2D eigenvalue weighted by molar-refractivity contribution is -0.111. The van der Waals surface area contributed by atoms with E-state index in [9.17, 15) is 4.79 Å². The number of rotatable bonds is 4. The van der Waals surface area contributed by atoms with Crippen LogP contribution in [0.3, 0.4) is 0 Å². The Labute approximate surface area is 150 Å². The first kappa shape index (κ1) is 15.9. The zero-order valence-corrected chi connectivity index (χ0v) is 14.1. The van der Waals surface area contributed by atoms with Crippen LogP contribution in [0.2, 0.25) is 0 Å². The van der Waals surface area contributed by atoms with Crippen molar-refractivity contribution in [3.05, 3.63) is 78.3 Å². The third kappa shape index (κ3) is 3.28. The molecule has 0 aliphatic rings. The molecular formula is C21H16N2O3. The topological polar surface area (TPSA) is 68.3 Å². The first-order valence-electron chi connectivity index (χ1n) is 8.18. The Morgan fingerprint density at radius 3 is 2.81 bits per heavy atom. The third-order valence-corrected chi connectivity index (χ3v) is 3.98. The molecule has 0 unspecified atom stereocenters. The van der Waals surface area contributed by atoms with Gasteiger partial charge in [0.05, 0.1) is 6.26 Å². The molecule has 0 radical (unpaired) electrons. The number of nitrogens with zero attached hydrogens (tertiary/aromatic N) is 1. The van der Waals surface area contributed by atoms with Gasteiger partial charge in [0.25, 0.3) is 0 Å². The number of para-hydroxylation sites is 2. The average Bonchev–Trinajstić information content (AvgIpc) is 3.31. The lowest BCUT2D eigenvalue weighted by Crippen LogP contribution is -2.09. The predicted octanol–water partition coefficient (Wildman–Crippen LogP) is 5.05. The molecule has 0 saturated heterocycles. The predicted molar refractivity (Wildman–Crippen MR) is 101 cm³/mol. The fraction of sp³-hybridized carbons (Fsp3) is 0.0476. The molecular weight excluding hydrogens is 328 g/mol. The van der Waals surface area contributed by atoms with Gasteiger partial charge in [0.15, 0.2) is 5.58 Å². The number of anilines is 1. The summed E-state index contributed by atoms with van der Waals surface area (Å²) in [6.07, 6.45) is 4.62. The van der Waals surface area contributed by atoms with Gasteiger partial charge in [0.2, 0.25) is 11.8 Å². The summed E-state index contributed by atoms with van der Waals surface area (Å²) in [6, 6.07) is 16.9. The summed E-state index contributed by atoms with van der Waals surface area (Å²) in [6.45, 7) is 1.93. The van der Waals surface area contributed by atoms with Crippen LogP contribution in [0, 0.1) is 6.92 Å². The van der Waals surface area contributed by atoms with Crippen LogP contribution in [0.4, 0.5) is 5.69 Å². The molecule has 5 nitrogen and oxygen atoms in total. The standard InChI is InChI=1S/C21H16N2O3/c1-14-8-9-15(21-23-17-6-2-3-7-19(17)26-21)13-18(14)22-20(24)11-10-16-5-4-12-25-16/h2-13H,1H3,(H,22,24)/b11-10-. The molecule has 0 atom stereocenters. The Hall–Kier alpha value is -3.60. The number of oxazole rings is 1. The van der Waals surface area contributed by atoms with Gasteiger partial charge in [-0.05, 0) is 55.0 Å². The molecule has 0 bridgehead atoms. The number of fused-ring (bicyclic) bond motifs is 1. The van der Waals surface area contributed by atoms with Gasteiger partial charge in [0.1, 0.15) is 11.3 Å². The Bertz CT molecular complexity index is 1060. The zero-order valence-electron chi connectivity index (χ0n) is 14.1. The SMILES string of the molecule is Cc1ccc(-c2nc3ccccc3o2)cc1NC(=O)/C=C\c1ccco1. The van der Waals surface area contributed by atoms with Crippen molar-refractivity contribution >= 4 is 28.8 Å². The molecule has 5 heteroatoms. The highest BCUT2D eigenvalue weighted by Gasteiger charge is 2.10. The summed E-state index contributed by atoms with van der Waals surface area (Å²) < 4.78 is 11.0. The number of amides is 1. The van der Waals surface area contributed by atoms with E-state index in [1.54, 1.807) is 24.5 Å². The summed E-state index contributed by atoms with van der Waals surface area (Å²) in [5, 5.41) is 2.88. The molecule has 26 heavy (non-hydrogen) atoms. The van der Waals surface area contributed by atoms with Crippen molar-refractivity contribution in [1.82, 2.24) is 4.98 Å². The second kappa shape index (κ2) is 6.72. The fourth-order valence-corrected chi connectivity index (χ4v) is 2.60. The fourth-order valence-electron chi connectivity index (χ4n) is 2.60. The van der Waals surface area contributed by atoms with Crippen LogP contribution in [0.15, 0.2) is 75.8 Å². The normalized spacial score (nSPS) is 11.3. The molecule has 0 aliphatic carbocycles. The minimum absolute atomic E-state index is 0.237. The largest absolute Gasteiger partial charge is 0.465 e. The maximum Gasteiger partial charge on any atom is 0.248 e. The molecule has 4 aromatic rings. The van der Waals surface area contributed by atoms with Gasteiger partial charge >= 0.3 is 0 Å². The van der Waals surface area contributed by atoms with Crippen LogP contribution in [0.1, 0.15) is 11.3 Å². The van der Waals surface area contributed by atoms with Crippen molar-refractivity contribution in [1.29, 1.82) is 0 Å². The summed E-state index contributed by atoms with van der Waals surface area (Å²) in [5.74, 6) is 0.907. The first-order chi connectivity index (χ1) is 12.7. The van der Waals surface area contributed by atoms with Gasteiger partial charge in [-0.15, -0.1) is 0 Å². The van der Waals surface area contributed by atoms with Crippen LogP contribution < -0.4 is 5.32 Å². The van der Waals surface area contributed by atoms with E-state index in [0.29, 0.717) is 17.3 Å². The van der Waals surface area contributed by atoms with Crippen LogP contribution in [-0.4, -0.2) is 10.9 Å². The van der Waals surface area contributed by atoms with E-state index in [4.69, 9.17) is 8.83 Å². The molecule has 4 rings (SSSR count). The molecule has 1 amide bonds. The highest BCUT2D eigenvalue weighted by atomic mass is 16.3. The number of carbonyl (C=O) groups is 1. The van der Waals surface area contributed by atoms with Crippen molar-refractivity contribution < 1.29 is 13.6 Å². The Balaban J connectivity index is 1.58. The van der Waals surface area contributed by atoms with E-state index in [1.807, 2.05) is 49.4 Å². The number of hydrogen-bond acceptors (Lipinski definition) is 4. The van der Waals surface area contributed by atoms with Crippen molar-refractivity contribution in [2.75, 3.05) is 5.32 Å². The van der Waals surface area contributed by atoms with E-state index in [1.165, 1.54) is 6.08 Å². The van der Waals surface area contributed by atoms with Gasteiger partial charge in [-0.25, -0.2) is 4.98 Å². The van der Waals surface area contributed by atoms with Gasteiger partial charge in [-0.2, -0.15) is 0 Å². The highest BCUT2D eigenvalue weighted by Crippen LogP contribution is 2.27. The molecule has 0 aliphatic heterocycles. The summed E-state index contributed by atoms with van der Waals surface area (Å²) in [5.41, 5.74) is 3.99. The number of aromatic nitrogens is 1. The number of benzene rings is 2. The van der Waals surface area contributed by atoms with E-state index in [-0.39, 0.29) is 5.91 Å². The smallest absolute Gasteiger partial charge is 0.248 e. The molecule has 0 spiro atoms. The summed E-state index contributed by atoms with van der Waals surface area (Å²) in [4.78, 5) is 16.7. The van der Waals surface area contributed by atoms with Gasteiger partial charge < -0.3 is 14.2 Å². The molecule has 128 valence electrons. The quantitative estimate of drug-likeness (QED) is 0.526. The van der Waals surface area contributed by atoms with Crippen LogP contribution >= 0.6 is 0 Å². The summed E-state index contributed by atoms with van der Waals surface area (Å²) >= 11 is 0.